The maximum atomic E-state index is 5.66. The Kier molecular flexibility index (Phi) is 5.22. The second-order valence-corrected chi connectivity index (χ2v) is 3.50. The van der Waals surface area contributed by atoms with Crippen molar-refractivity contribution in [3.8, 4) is 0 Å². The van der Waals surface area contributed by atoms with Crippen LogP contribution >= 0.6 is 0 Å². The van der Waals surface area contributed by atoms with Gasteiger partial charge < -0.3 is 5.73 Å². The van der Waals surface area contributed by atoms with Crippen molar-refractivity contribution in [1.82, 2.24) is 0 Å². The quantitative estimate of drug-likeness (QED) is 0.607. The van der Waals surface area contributed by atoms with Crippen molar-refractivity contribution in [2.45, 2.75) is 46.1 Å². The molecule has 1 nitrogen and oxygen atoms in total. The molecule has 2 N–H and O–H groups in total. The molecule has 0 aliphatic heterocycles. The Labute approximate surface area is 70.7 Å². The Bertz CT molecular complexity index is 116. The van der Waals surface area contributed by atoms with Crippen molar-refractivity contribution >= 4 is 0 Å². The van der Waals surface area contributed by atoms with Crippen LogP contribution in [-0.4, -0.2) is 6.04 Å². The molecule has 2 atom stereocenters. The van der Waals surface area contributed by atoms with E-state index in [1.807, 2.05) is 6.92 Å². The fraction of sp³-hybridized carbons (Fsp3) is 0.800. The van der Waals surface area contributed by atoms with Gasteiger partial charge in [0.25, 0.3) is 0 Å². The van der Waals surface area contributed by atoms with Crippen LogP contribution in [-0.2, 0) is 0 Å². The molecule has 11 heavy (non-hydrogen) atoms. The molecule has 0 heterocycles. The van der Waals surface area contributed by atoms with E-state index in [0.29, 0.717) is 0 Å². The van der Waals surface area contributed by atoms with Gasteiger partial charge in [-0.2, -0.15) is 0 Å². The van der Waals surface area contributed by atoms with Crippen LogP contribution in [0.25, 0.3) is 0 Å². The minimum absolute atomic E-state index is 0.166. The van der Waals surface area contributed by atoms with Gasteiger partial charge in [-0.15, -0.1) is 0 Å². The molecule has 0 saturated heterocycles. The van der Waals surface area contributed by atoms with Crippen molar-refractivity contribution in [3.05, 3.63) is 12.2 Å². The number of hydrogen-bond donors (Lipinski definition) is 1. The van der Waals surface area contributed by atoms with Gasteiger partial charge in [-0.1, -0.05) is 32.4 Å². The average Bonchev–Trinajstić information content (AvgIpc) is 1.99. The van der Waals surface area contributed by atoms with Crippen molar-refractivity contribution in [1.29, 1.82) is 0 Å². The molecule has 0 aliphatic carbocycles. The van der Waals surface area contributed by atoms with Gasteiger partial charge in [-0.05, 0) is 25.7 Å². The summed E-state index contributed by atoms with van der Waals surface area (Å²) in [6.07, 6.45) is 3.58. The zero-order valence-corrected chi connectivity index (χ0v) is 8.06. The Morgan fingerprint density at radius 3 is 2.36 bits per heavy atom. The Balaban J connectivity index is 3.46. The van der Waals surface area contributed by atoms with E-state index in [2.05, 4.69) is 20.4 Å². The molecule has 1 unspecified atom stereocenters. The summed E-state index contributed by atoms with van der Waals surface area (Å²) in [7, 11) is 0. The van der Waals surface area contributed by atoms with Gasteiger partial charge in [0.2, 0.25) is 0 Å². The lowest BCUT2D eigenvalue weighted by atomic mass is 9.97. The summed E-state index contributed by atoms with van der Waals surface area (Å²) in [6, 6.07) is 0.166. The fourth-order valence-corrected chi connectivity index (χ4v) is 0.864. The van der Waals surface area contributed by atoms with E-state index in [0.717, 1.165) is 12.3 Å². The molecule has 0 radical (unpaired) electrons. The third kappa shape index (κ3) is 5.02. The van der Waals surface area contributed by atoms with E-state index >= 15 is 0 Å². The Hall–Kier alpha value is -0.300. The molecule has 0 spiro atoms. The maximum absolute atomic E-state index is 5.66. The molecule has 0 bridgehead atoms. The average molecular weight is 155 g/mol. The highest BCUT2D eigenvalue weighted by molar-refractivity contribution is 5.01. The number of nitrogens with two attached hydrogens (primary N) is 1. The summed E-state index contributed by atoms with van der Waals surface area (Å²) in [4.78, 5) is 0. The van der Waals surface area contributed by atoms with E-state index in [1.54, 1.807) is 0 Å². The van der Waals surface area contributed by atoms with E-state index in [9.17, 15) is 0 Å². The van der Waals surface area contributed by atoms with E-state index < -0.39 is 0 Å². The SMILES string of the molecule is C=C(CC[C@@H](C)CC)C(C)N. The monoisotopic (exact) mass is 155 g/mol. The summed E-state index contributed by atoms with van der Waals surface area (Å²) in [5.74, 6) is 0.811. The smallest absolute Gasteiger partial charge is 0.0222 e. The first-order chi connectivity index (χ1) is 5.07. The molecule has 0 aliphatic rings. The first kappa shape index (κ1) is 10.7. The zero-order chi connectivity index (χ0) is 8.85. The highest BCUT2D eigenvalue weighted by atomic mass is 14.6. The lowest BCUT2D eigenvalue weighted by Crippen LogP contribution is -2.17. The summed E-state index contributed by atoms with van der Waals surface area (Å²) < 4.78 is 0. The number of hydrogen-bond acceptors (Lipinski definition) is 1. The first-order valence-electron chi connectivity index (χ1n) is 4.51. The molecular formula is C10H21N. The summed E-state index contributed by atoms with van der Waals surface area (Å²) >= 11 is 0. The van der Waals surface area contributed by atoms with Crippen molar-refractivity contribution in [3.63, 3.8) is 0 Å². The van der Waals surface area contributed by atoms with Crippen molar-refractivity contribution in [2.75, 3.05) is 0 Å². The zero-order valence-electron chi connectivity index (χ0n) is 8.06. The lowest BCUT2D eigenvalue weighted by Gasteiger charge is -2.12. The standard InChI is InChI=1S/C10H21N/c1-5-8(2)6-7-9(3)10(4)11/h8,10H,3,5-7,11H2,1-2,4H3/t8-,10?/m0/s1. The highest BCUT2D eigenvalue weighted by Gasteiger charge is 2.03. The molecule has 0 aromatic carbocycles. The van der Waals surface area contributed by atoms with Crippen LogP contribution in [0.3, 0.4) is 0 Å². The van der Waals surface area contributed by atoms with Gasteiger partial charge >= 0.3 is 0 Å². The molecule has 66 valence electrons. The fourth-order valence-electron chi connectivity index (χ4n) is 0.864. The molecule has 1 heteroatoms. The minimum atomic E-state index is 0.166. The second-order valence-electron chi connectivity index (χ2n) is 3.50. The van der Waals surface area contributed by atoms with Crippen LogP contribution in [0, 0.1) is 5.92 Å². The van der Waals surface area contributed by atoms with Gasteiger partial charge in [-0.3, -0.25) is 0 Å². The first-order valence-corrected chi connectivity index (χ1v) is 4.51. The van der Waals surface area contributed by atoms with Crippen LogP contribution in [0.2, 0.25) is 0 Å². The van der Waals surface area contributed by atoms with E-state index in [1.165, 1.54) is 18.4 Å². The van der Waals surface area contributed by atoms with Gasteiger partial charge in [0.15, 0.2) is 0 Å². The third-order valence-corrected chi connectivity index (χ3v) is 2.30. The van der Waals surface area contributed by atoms with Crippen LogP contribution < -0.4 is 5.73 Å². The van der Waals surface area contributed by atoms with E-state index in [4.69, 9.17) is 5.73 Å². The van der Waals surface area contributed by atoms with Crippen molar-refractivity contribution in [2.24, 2.45) is 11.7 Å². The van der Waals surface area contributed by atoms with Crippen LogP contribution in [0.4, 0.5) is 0 Å². The largest absolute Gasteiger partial charge is 0.324 e. The third-order valence-electron chi connectivity index (χ3n) is 2.30. The summed E-state index contributed by atoms with van der Waals surface area (Å²) in [5, 5.41) is 0. The van der Waals surface area contributed by atoms with Crippen LogP contribution in [0.5, 0.6) is 0 Å². The molecule has 0 aromatic rings. The molecule has 0 fully saturated rings. The maximum Gasteiger partial charge on any atom is 0.0222 e. The van der Waals surface area contributed by atoms with Gasteiger partial charge in [0, 0.05) is 6.04 Å². The minimum Gasteiger partial charge on any atom is -0.324 e. The lowest BCUT2D eigenvalue weighted by molar-refractivity contribution is 0.508. The van der Waals surface area contributed by atoms with Crippen LogP contribution in [0.15, 0.2) is 12.2 Å². The van der Waals surface area contributed by atoms with E-state index in [-0.39, 0.29) is 6.04 Å². The normalized spacial score (nSPS) is 16.0. The molecule has 0 aromatic heterocycles. The summed E-state index contributed by atoms with van der Waals surface area (Å²) in [5.41, 5.74) is 6.85. The highest BCUT2D eigenvalue weighted by Crippen LogP contribution is 2.14. The predicted octanol–water partition coefficient (Wildman–Crippen LogP) is 2.72. The van der Waals surface area contributed by atoms with Crippen LogP contribution in [0.1, 0.15) is 40.0 Å². The molecule has 0 rings (SSSR count). The molecule has 0 amide bonds. The Morgan fingerprint density at radius 2 is 2.00 bits per heavy atom. The predicted molar refractivity (Wildman–Crippen MR) is 51.5 cm³/mol. The molecule has 0 saturated carbocycles. The van der Waals surface area contributed by atoms with Gasteiger partial charge in [0.05, 0.1) is 0 Å². The Morgan fingerprint density at radius 1 is 1.45 bits per heavy atom. The number of rotatable bonds is 5. The van der Waals surface area contributed by atoms with Gasteiger partial charge in [0.1, 0.15) is 0 Å². The molecular weight excluding hydrogens is 134 g/mol. The topological polar surface area (TPSA) is 26.0 Å². The van der Waals surface area contributed by atoms with Gasteiger partial charge in [-0.25, -0.2) is 0 Å². The van der Waals surface area contributed by atoms with Crippen molar-refractivity contribution < 1.29 is 0 Å². The summed E-state index contributed by atoms with van der Waals surface area (Å²) in [6.45, 7) is 10.4. The second kappa shape index (κ2) is 5.36.